The first kappa shape index (κ1) is 18.7. The zero-order valence-corrected chi connectivity index (χ0v) is 14.4. The molecule has 1 saturated heterocycles. The van der Waals surface area contributed by atoms with Crippen molar-refractivity contribution in [3.05, 3.63) is 36.1 Å². The predicted molar refractivity (Wildman–Crippen MR) is 93.5 cm³/mol. The lowest BCUT2D eigenvalue weighted by molar-refractivity contribution is -0.154. The van der Waals surface area contributed by atoms with Crippen molar-refractivity contribution in [2.45, 2.75) is 78.1 Å². The Morgan fingerprint density at radius 1 is 0.909 bits per heavy atom. The molecule has 1 rings (SSSR count). The fourth-order valence-electron chi connectivity index (χ4n) is 2.48. The average molecular weight is 304 g/mol. The van der Waals surface area contributed by atoms with E-state index in [2.05, 4.69) is 26.0 Å². The van der Waals surface area contributed by atoms with Crippen LogP contribution >= 0.6 is 0 Å². The molecule has 1 atom stereocenters. The summed E-state index contributed by atoms with van der Waals surface area (Å²) in [6.07, 6.45) is 22.6. The molecule has 1 aliphatic rings. The van der Waals surface area contributed by atoms with Crippen LogP contribution < -0.4 is 0 Å². The number of rotatable bonds is 12. The molecule has 2 nitrogen and oxygen atoms in total. The van der Waals surface area contributed by atoms with E-state index in [9.17, 15) is 4.79 Å². The Morgan fingerprint density at radius 2 is 1.55 bits per heavy atom. The zero-order chi connectivity index (χ0) is 16.0. The first-order valence-electron chi connectivity index (χ1n) is 9.04. The first-order chi connectivity index (χ1) is 10.8. The van der Waals surface area contributed by atoms with Crippen LogP contribution in [0.2, 0.25) is 0 Å². The molecular formula is C20H32O2. The molecule has 0 saturated carbocycles. The van der Waals surface area contributed by atoms with Gasteiger partial charge in [-0.3, -0.25) is 4.79 Å². The number of hydrogen-bond acceptors (Lipinski definition) is 2. The number of hydrogen-bond donors (Lipinski definition) is 0. The van der Waals surface area contributed by atoms with Crippen molar-refractivity contribution in [3.8, 4) is 0 Å². The Labute approximate surface area is 136 Å². The van der Waals surface area contributed by atoms with E-state index in [4.69, 9.17) is 4.74 Å². The lowest BCUT2D eigenvalue weighted by atomic mass is 10.00. The van der Waals surface area contributed by atoms with Crippen molar-refractivity contribution < 1.29 is 9.53 Å². The van der Waals surface area contributed by atoms with Crippen LogP contribution in [0.4, 0.5) is 0 Å². The third-order valence-corrected chi connectivity index (χ3v) is 3.95. The Bertz CT molecular complexity index is 391. The number of allylic oxidation sites excluding steroid dienone is 4. The molecular weight excluding hydrogens is 272 g/mol. The van der Waals surface area contributed by atoms with Gasteiger partial charge >= 0.3 is 5.97 Å². The third-order valence-electron chi connectivity index (χ3n) is 3.95. The Hall–Kier alpha value is -1.31. The van der Waals surface area contributed by atoms with E-state index < -0.39 is 0 Å². The van der Waals surface area contributed by atoms with Crippen LogP contribution in [0.15, 0.2) is 36.1 Å². The van der Waals surface area contributed by atoms with E-state index in [0.29, 0.717) is 0 Å². The Balaban J connectivity index is 2.22. The minimum atomic E-state index is -0.143. The lowest BCUT2D eigenvalue weighted by Crippen LogP contribution is -2.30. The van der Waals surface area contributed by atoms with E-state index in [1.54, 1.807) is 0 Å². The molecule has 1 unspecified atom stereocenters. The molecule has 0 amide bonds. The van der Waals surface area contributed by atoms with Crippen LogP contribution in [0.5, 0.6) is 0 Å². The fraction of sp³-hybridized carbons (Fsp3) is 0.650. The maximum absolute atomic E-state index is 11.5. The van der Waals surface area contributed by atoms with Gasteiger partial charge in [-0.1, -0.05) is 76.7 Å². The first-order valence-corrected chi connectivity index (χ1v) is 9.04. The van der Waals surface area contributed by atoms with Crippen LogP contribution in [0.3, 0.4) is 0 Å². The fourth-order valence-corrected chi connectivity index (χ4v) is 2.48. The van der Waals surface area contributed by atoms with Gasteiger partial charge in [-0.15, -0.1) is 0 Å². The number of unbranched alkanes of at least 4 members (excludes halogenated alkanes) is 8. The van der Waals surface area contributed by atoms with Crippen LogP contribution in [0.25, 0.3) is 0 Å². The monoisotopic (exact) mass is 304 g/mol. The van der Waals surface area contributed by atoms with E-state index >= 15 is 0 Å². The maximum Gasteiger partial charge on any atom is 0.325 e. The van der Waals surface area contributed by atoms with Gasteiger partial charge in [0.25, 0.3) is 0 Å². The summed E-state index contributed by atoms with van der Waals surface area (Å²) in [5.41, 5.74) is 0. The van der Waals surface area contributed by atoms with Gasteiger partial charge in [0, 0.05) is 0 Å². The normalized spacial score (nSPS) is 20.0. The topological polar surface area (TPSA) is 26.3 Å². The highest BCUT2D eigenvalue weighted by molar-refractivity contribution is 5.85. The Morgan fingerprint density at radius 3 is 2.14 bits per heavy atom. The second kappa shape index (κ2) is 12.3. The molecule has 2 heteroatoms. The molecule has 124 valence electrons. The van der Waals surface area contributed by atoms with Crippen molar-refractivity contribution in [1.82, 2.24) is 0 Å². The maximum atomic E-state index is 11.5. The Kier molecular flexibility index (Phi) is 10.4. The van der Waals surface area contributed by atoms with Crippen LogP contribution in [-0.2, 0) is 9.53 Å². The molecule has 0 N–H and O–H groups in total. The van der Waals surface area contributed by atoms with Crippen LogP contribution in [-0.4, -0.2) is 5.97 Å². The lowest BCUT2D eigenvalue weighted by Gasteiger charge is -2.24. The van der Waals surface area contributed by atoms with Gasteiger partial charge in [0.05, 0.1) is 0 Å². The molecule has 22 heavy (non-hydrogen) atoms. The van der Waals surface area contributed by atoms with Gasteiger partial charge in [0.2, 0.25) is 0 Å². The van der Waals surface area contributed by atoms with Crippen molar-refractivity contribution in [1.29, 1.82) is 0 Å². The van der Waals surface area contributed by atoms with E-state index in [-0.39, 0.29) is 11.9 Å². The van der Waals surface area contributed by atoms with Gasteiger partial charge in [-0.05, 0) is 31.8 Å². The predicted octanol–water partition coefficient (Wildman–Crippen LogP) is 6.10. The molecule has 0 bridgehead atoms. The highest BCUT2D eigenvalue weighted by Crippen LogP contribution is 2.28. The van der Waals surface area contributed by atoms with Gasteiger partial charge < -0.3 is 4.74 Å². The summed E-state index contributed by atoms with van der Waals surface area (Å²) in [5.74, 6) is 0.530. The summed E-state index contributed by atoms with van der Waals surface area (Å²) in [5, 5.41) is 0. The van der Waals surface area contributed by atoms with E-state index in [1.807, 2.05) is 18.2 Å². The summed E-state index contributed by atoms with van der Waals surface area (Å²) < 4.78 is 5.11. The van der Waals surface area contributed by atoms with Gasteiger partial charge in [0.1, 0.15) is 11.7 Å². The van der Waals surface area contributed by atoms with Gasteiger partial charge in [-0.25, -0.2) is 0 Å². The van der Waals surface area contributed by atoms with Crippen molar-refractivity contribution in [2.24, 2.45) is 5.92 Å². The highest BCUT2D eigenvalue weighted by atomic mass is 16.6. The van der Waals surface area contributed by atoms with Gasteiger partial charge in [-0.2, -0.15) is 0 Å². The average Bonchev–Trinajstić information content (AvgIpc) is 2.52. The number of esters is 1. The van der Waals surface area contributed by atoms with E-state index in [0.717, 1.165) is 18.6 Å². The number of ether oxygens (including phenoxy) is 1. The highest BCUT2D eigenvalue weighted by Gasteiger charge is 2.34. The van der Waals surface area contributed by atoms with Crippen molar-refractivity contribution >= 4 is 5.97 Å². The molecule has 0 radical (unpaired) electrons. The molecule has 1 heterocycles. The van der Waals surface area contributed by atoms with Crippen molar-refractivity contribution in [2.75, 3.05) is 0 Å². The number of carbonyl (C=O) groups is 1. The molecule has 1 fully saturated rings. The van der Waals surface area contributed by atoms with Crippen LogP contribution in [0, 0.1) is 5.92 Å². The number of carbonyl (C=O) groups excluding carboxylic acids is 1. The standard InChI is InChI=1S/C20H32O2/c1-3-5-7-9-11-13-15-17-19-18(20(21)22-19)16-14-12-10-8-6-4-2/h13-18H,3-12H2,1-2H3. The molecule has 0 aromatic rings. The number of cyclic esters (lactones) is 1. The summed E-state index contributed by atoms with van der Waals surface area (Å²) in [6.45, 7) is 4.44. The SMILES string of the molecule is CCCCCCC=CC=C1OC(=O)C1C=CCCCCCC. The molecule has 0 aromatic heterocycles. The van der Waals surface area contributed by atoms with Crippen LogP contribution in [0.1, 0.15) is 78.1 Å². The summed E-state index contributed by atoms with van der Waals surface area (Å²) >= 11 is 0. The third kappa shape index (κ3) is 7.63. The van der Waals surface area contributed by atoms with Crippen molar-refractivity contribution in [3.63, 3.8) is 0 Å². The second-order valence-corrected chi connectivity index (χ2v) is 6.02. The molecule has 0 aromatic carbocycles. The summed E-state index contributed by atoms with van der Waals surface area (Å²) in [4.78, 5) is 11.5. The minimum Gasteiger partial charge on any atom is -0.429 e. The quantitative estimate of drug-likeness (QED) is 0.247. The van der Waals surface area contributed by atoms with E-state index in [1.165, 1.54) is 51.4 Å². The molecule has 0 spiro atoms. The second-order valence-electron chi connectivity index (χ2n) is 6.02. The zero-order valence-electron chi connectivity index (χ0n) is 14.4. The molecule has 0 aliphatic carbocycles. The van der Waals surface area contributed by atoms with Gasteiger partial charge in [0.15, 0.2) is 0 Å². The largest absolute Gasteiger partial charge is 0.429 e. The summed E-state index contributed by atoms with van der Waals surface area (Å²) in [6, 6.07) is 0. The minimum absolute atomic E-state index is 0.118. The smallest absolute Gasteiger partial charge is 0.325 e. The summed E-state index contributed by atoms with van der Waals surface area (Å²) in [7, 11) is 0. The molecule has 1 aliphatic heterocycles.